The van der Waals surface area contributed by atoms with E-state index in [4.69, 9.17) is 5.26 Å². The van der Waals surface area contributed by atoms with E-state index in [0.717, 1.165) is 18.7 Å². The van der Waals surface area contributed by atoms with Crippen molar-refractivity contribution in [2.75, 3.05) is 11.9 Å². The molecule has 2 rings (SSSR count). The Morgan fingerprint density at radius 1 is 1.44 bits per heavy atom. The van der Waals surface area contributed by atoms with Crippen molar-refractivity contribution in [2.24, 2.45) is 0 Å². The van der Waals surface area contributed by atoms with Crippen molar-refractivity contribution in [1.29, 1.82) is 5.26 Å². The van der Waals surface area contributed by atoms with Crippen molar-refractivity contribution in [1.82, 2.24) is 9.97 Å². The van der Waals surface area contributed by atoms with E-state index in [9.17, 15) is 4.39 Å². The summed E-state index contributed by atoms with van der Waals surface area (Å²) in [5.74, 6) is 0.545. The number of nitrogens with one attached hydrogen (secondary N) is 2. The van der Waals surface area contributed by atoms with Crippen LogP contribution < -0.4 is 5.32 Å². The molecule has 18 heavy (non-hydrogen) atoms. The number of hydrogen-bond donors (Lipinski definition) is 2. The number of H-pyrrole nitrogens is 1. The van der Waals surface area contributed by atoms with Gasteiger partial charge in [-0.25, -0.2) is 9.37 Å². The van der Waals surface area contributed by atoms with E-state index in [0.29, 0.717) is 17.8 Å². The van der Waals surface area contributed by atoms with Crippen molar-refractivity contribution in [3.05, 3.63) is 47.8 Å². The highest BCUT2D eigenvalue weighted by Crippen LogP contribution is 2.15. The normalized spacial score (nSPS) is 10.0. The molecule has 0 aliphatic heterocycles. The van der Waals surface area contributed by atoms with E-state index in [1.807, 2.05) is 6.07 Å². The van der Waals surface area contributed by atoms with Crippen LogP contribution in [-0.4, -0.2) is 16.5 Å². The van der Waals surface area contributed by atoms with Gasteiger partial charge in [-0.3, -0.25) is 0 Å². The standard InChI is InChI=1S/C13H13FN4/c14-11-3-4-12(10(8-11)9-15)16-5-1-2-13-17-6-7-18-13/h3-4,6-8,16H,1-2,5H2,(H,17,18). The van der Waals surface area contributed by atoms with Crippen molar-refractivity contribution in [3.8, 4) is 6.07 Å². The predicted molar refractivity (Wildman–Crippen MR) is 66.5 cm³/mol. The molecular weight excluding hydrogens is 231 g/mol. The molecule has 0 fully saturated rings. The molecule has 92 valence electrons. The van der Waals surface area contributed by atoms with Crippen LogP contribution in [0.5, 0.6) is 0 Å². The number of anilines is 1. The fraction of sp³-hybridized carbons (Fsp3) is 0.231. The predicted octanol–water partition coefficient (Wildman–Crippen LogP) is 2.47. The Hall–Kier alpha value is -2.35. The van der Waals surface area contributed by atoms with Crippen molar-refractivity contribution in [3.63, 3.8) is 0 Å². The van der Waals surface area contributed by atoms with Gasteiger partial charge in [0.05, 0.1) is 11.3 Å². The molecule has 0 aliphatic rings. The molecule has 4 nitrogen and oxygen atoms in total. The molecule has 0 atom stereocenters. The zero-order chi connectivity index (χ0) is 12.8. The number of aromatic nitrogens is 2. The molecule has 2 N–H and O–H groups in total. The second-order valence-corrected chi connectivity index (χ2v) is 3.87. The minimum Gasteiger partial charge on any atom is -0.384 e. The summed E-state index contributed by atoms with van der Waals surface area (Å²) in [6.07, 6.45) is 5.23. The lowest BCUT2D eigenvalue weighted by Crippen LogP contribution is -2.05. The van der Waals surface area contributed by atoms with Crippen LogP contribution in [0.2, 0.25) is 0 Å². The summed E-state index contributed by atoms with van der Waals surface area (Å²) in [7, 11) is 0. The van der Waals surface area contributed by atoms with Gasteiger partial charge in [-0.15, -0.1) is 0 Å². The molecule has 0 saturated heterocycles. The fourth-order valence-corrected chi connectivity index (χ4v) is 1.68. The number of rotatable bonds is 5. The van der Waals surface area contributed by atoms with Crippen LogP contribution in [0.4, 0.5) is 10.1 Å². The van der Waals surface area contributed by atoms with Crippen molar-refractivity contribution < 1.29 is 4.39 Å². The van der Waals surface area contributed by atoms with Gasteiger partial charge < -0.3 is 10.3 Å². The van der Waals surface area contributed by atoms with E-state index < -0.39 is 5.82 Å². The molecule has 0 saturated carbocycles. The number of imidazole rings is 1. The summed E-state index contributed by atoms with van der Waals surface area (Å²) in [5.41, 5.74) is 0.992. The number of benzene rings is 1. The van der Waals surface area contributed by atoms with Crippen LogP contribution >= 0.6 is 0 Å². The SMILES string of the molecule is N#Cc1cc(F)ccc1NCCCc1ncc[nH]1. The van der Waals surface area contributed by atoms with E-state index in [1.165, 1.54) is 12.1 Å². The van der Waals surface area contributed by atoms with Crippen LogP contribution in [0.3, 0.4) is 0 Å². The molecule has 0 spiro atoms. The molecule has 0 aliphatic carbocycles. The van der Waals surface area contributed by atoms with Gasteiger partial charge in [0.1, 0.15) is 17.7 Å². The summed E-state index contributed by atoms with van der Waals surface area (Å²) in [4.78, 5) is 7.15. The monoisotopic (exact) mass is 244 g/mol. The Morgan fingerprint density at radius 3 is 3.06 bits per heavy atom. The maximum atomic E-state index is 12.9. The third-order valence-electron chi connectivity index (χ3n) is 2.56. The first-order valence-electron chi connectivity index (χ1n) is 5.71. The van der Waals surface area contributed by atoms with Crippen LogP contribution in [0.25, 0.3) is 0 Å². The molecule has 1 heterocycles. The first-order valence-corrected chi connectivity index (χ1v) is 5.71. The lowest BCUT2D eigenvalue weighted by atomic mass is 10.2. The van der Waals surface area contributed by atoms with Gasteiger partial charge in [-0.05, 0) is 24.6 Å². The molecule has 0 unspecified atom stereocenters. The lowest BCUT2D eigenvalue weighted by Gasteiger charge is -2.07. The number of nitriles is 1. The van der Waals surface area contributed by atoms with Crippen LogP contribution in [0.15, 0.2) is 30.6 Å². The van der Waals surface area contributed by atoms with Crippen LogP contribution in [0.1, 0.15) is 17.8 Å². The minimum atomic E-state index is -0.396. The Balaban J connectivity index is 1.85. The second kappa shape index (κ2) is 5.82. The van der Waals surface area contributed by atoms with E-state index in [2.05, 4.69) is 15.3 Å². The fourth-order valence-electron chi connectivity index (χ4n) is 1.68. The van der Waals surface area contributed by atoms with Crippen LogP contribution in [-0.2, 0) is 6.42 Å². The molecule has 5 heteroatoms. The molecule has 1 aromatic heterocycles. The number of aryl methyl sites for hydroxylation is 1. The molecule has 0 bridgehead atoms. The molecule has 0 amide bonds. The largest absolute Gasteiger partial charge is 0.384 e. The zero-order valence-electron chi connectivity index (χ0n) is 9.78. The van der Waals surface area contributed by atoms with Gasteiger partial charge in [0.2, 0.25) is 0 Å². The third-order valence-corrected chi connectivity index (χ3v) is 2.56. The number of nitrogens with zero attached hydrogens (tertiary/aromatic N) is 2. The smallest absolute Gasteiger partial charge is 0.124 e. The maximum Gasteiger partial charge on any atom is 0.124 e. The summed E-state index contributed by atoms with van der Waals surface area (Å²) in [6.45, 7) is 0.709. The highest BCUT2D eigenvalue weighted by molar-refractivity contribution is 5.57. The minimum absolute atomic E-state index is 0.327. The highest BCUT2D eigenvalue weighted by atomic mass is 19.1. The van der Waals surface area contributed by atoms with Gasteiger partial charge >= 0.3 is 0 Å². The Morgan fingerprint density at radius 2 is 2.33 bits per heavy atom. The average Bonchev–Trinajstić information content (AvgIpc) is 2.89. The molecule has 0 radical (unpaired) electrons. The van der Waals surface area contributed by atoms with Gasteiger partial charge in [0.15, 0.2) is 0 Å². The Kier molecular flexibility index (Phi) is 3.92. The summed E-state index contributed by atoms with van der Waals surface area (Å²) < 4.78 is 12.9. The van der Waals surface area contributed by atoms with Gasteiger partial charge in [0, 0.05) is 25.4 Å². The first-order chi connectivity index (χ1) is 8.79. The summed E-state index contributed by atoms with van der Waals surface area (Å²) >= 11 is 0. The van der Waals surface area contributed by atoms with E-state index in [1.54, 1.807) is 18.5 Å². The van der Waals surface area contributed by atoms with Crippen LogP contribution in [0, 0.1) is 17.1 Å². The second-order valence-electron chi connectivity index (χ2n) is 3.87. The Bertz CT molecular complexity index is 543. The molecule has 1 aromatic carbocycles. The number of halogens is 1. The van der Waals surface area contributed by atoms with E-state index >= 15 is 0 Å². The average molecular weight is 244 g/mol. The highest BCUT2D eigenvalue weighted by Gasteiger charge is 2.03. The third kappa shape index (κ3) is 3.08. The van der Waals surface area contributed by atoms with Crippen molar-refractivity contribution in [2.45, 2.75) is 12.8 Å². The molecular formula is C13H13FN4. The number of hydrogen-bond acceptors (Lipinski definition) is 3. The molecule has 2 aromatic rings. The van der Waals surface area contributed by atoms with Gasteiger partial charge in [0.25, 0.3) is 0 Å². The maximum absolute atomic E-state index is 12.9. The Labute approximate surface area is 104 Å². The lowest BCUT2D eigenvalue weighted by molar-refractivity contribution is 0.627. The zero-order valence-corrected chi connectivity index (χ0v) is 9.78. The first kappa shape index (κ1) is 12.1. The summed E-state index contributed by atoms with van der Waals surface area (Å²) in [5, 5.41) is 12.0. The topological polar surface area (TPSA) is 64.5 Å². The number of aromatic amines is 1. The summed E-state index contributed by atoms with van der Waals surface area (Å²) in [6, 6.07) is 6.13. The van der Waals surface area contributed by atoms with E-state index in [-0.39, 0.29) is 0 Å². The van der Waals surface area contributed by atoms with Crippen molar-refractivity contribution >= 4 is 5.69 Å². The van der Waals surface area contributed by atoms with Gasteiger partial charge in [-0.1, -0.05) is 0 Å². The van der Waals surface area contributed by atoms with Gasteiger partial charge in [-0.2, -0.15) is 5.26 Å². The quantitative estimate of drug-likeness (QED) is 0.794.